The highest BCUT2D eigenvalue weighted by atomic mass is 35.5. The fourth-order valence-electron chi connectivity index (χ4n) is 2.70. The number of nitrogens with one attached hydrogen (secondary N) is 1. The first-order chi connectivity index (χ1) is 11.1. The van der Waals surface area contributed by atoms with E-state index in [0.29, 0.717) is 16.6 Å². The third-order valence-electron chi connectivity index (χ3n) is 4.02. The van der Waals surface area contributed by atoms with Gasteiger partial charge in [0, 0.05) is 42.2 Å². The summed E-state index contributed by atoms with van der Waals surface area (Å²) in [5.74, 6) is 1.07. The Morgan fingerprint density at radius 3 is 2.61 bits per heavy atom. The Kier molecular flexibility index (Phi) is 4.90. The summed E-state index contributed by atoms with van der Waals surface area (Å²) in [5, 5.41) is 4.79. The molecule has 0 aliphatic rings. The van der Waals surface area contributed by atoms with Crippen LogP contribution in [0.2, 0.25) is 10.0 Å². The van der Waals surface area contributed by atoms with Crippen molar-refractivity contribution in [1.82, 2.24) is 14.9 Å². The van der Waals surface area contributed by atoms with E-state index in [1.54, 1.807) is 0 Å². The van der Waals surface area contributed by atoms with Crippen LogP contribution in [0.1, 0.15) is 17.0 Å². The second-order valence-corrected chi connectivity index (χ2v) is 6.52. The van der Waals surface area contributed by atoms with Crippen LogP contribution in [0.4, 0.5) is 0 Å². The van der Waals surface area contributed by atoms with Crippen molar-refractivity contribution in [3.05, 3.63) is 63.4 Å². The first-order valence-corrected chi connectivity index (χ1v) is 8.37. The lowest BCUT2D eigenvalue weighted by molar-refractivity contribution is 0.658. The third kappa shape index (κ3) is 3.52. The maximum atomic E-state index is 6.18. The molecule has 0 saturated heterocycles. The minimum Gasteiger partial charge on any atom is -0.331 e. The lowest BCUT2D eigenvalue weighted by atomic mass is 10.2. The van der Waals surface area contributed by atoms with Gasteiger partial charge in [-0.15, -0.1) is 0 Å². The van der Waals surface area contributed by atoms with E-state index >= 15 is 0 Å². The summed E-state index contributed by atoms with van der Waals surface area (Å²) in [6, 6.07) is 11.9. The number of benzene rings is 2. The average molecular weight is 348 g/mol. The first-order valence-electron chi connectivity index (χ1n) is 7.62. The van der Waals surface area contributed by atoms with Crippen LogP contribution in [0.3, 0.4) is 0 Å². The van der Waals surface area contributed by atoms with Gasteiger partial charge in [-0.3, -0.25) is 0 Å². The normalized spacial score (nSPS) is 11.3. The lowest BCUT2D eigenvalue weighted by Gasteiger charge is -2.08. The predicted molar refractivity (Wildman–Crippen MR) is 97.3 cm³/mol. The molecule has 0 amide bonds. The molecule has 3 nitrogen and oxygen atoms in total. The number of fused-ring (bicyclic) bond motifs is 1. The molecule has 0 atom stereocenters. The van der Waals surface area contributed by atoms with Gasteiger partial charge in [0.2, 0.25) is 0 Å². The number of nitrogens with zero attached hydrogens (tertiary/aromatic N) is 2. The molecule has 0 aliphatic heterocycles. The van der Waals surface area contributed by atoms with Crippen LogP contribution < -0.4 is 5.32 Å². The van der Waals surface area contributed by atoms with Crippen molar-refractivity contribution in [2.24, 2.45) is 7.05 Å². The molecule has 0 unspecified atom stereocenters. The first kappa shape index (κ1) is 16.3. The minimum atomic E-state index is 0.654. The molecule has 1 aromatic heterocycles. The summed E-state index contributed by atoms with van der Waals surface area (Å²) in [4.78, 5) is 4.72. The second kappa shape index (κ2) is 6.91. The summed E-state index contributed by atoms with van der Waals surface area (Å²) >= 11 is 12.4. The molecule has 0 bridgehead atoms. The van der Waals surface area contributed by atoms with Gasteiger partial charge in [-0.05, 0) is 36.8 Å². The number of rotatable bonds is 5. The van der Waals surface area contributed by atoms with Gasteiger partial charge in [-0.1, -0.05) is 35.3 Å². The summed E-state index contributed by atoms with van der Waals surface area (Å²) in [5.41, 5.74) is 4.39. The molecule has 0 spiro atoms. The molecule has 5 heteroatoms. The van der Waals surface area contributed by atoms with Crippen molar-refractivity contribution in [3.8, 4) is 0 Å². The Morgan fingerprint density at radius 1 is 1.13 bits per heavy atom. The van der Waals surface area contributed by atoms with Crippen molar-refractivity contribution in [2.45, 2.75) is 19.9 Å². The molecular formula is C18H19Cl2N3. The predicted octanol–water partition coefficient (Wildman–Crippen LogP) is 4.52. The van der Waals surface area contributed by atoms with Crippen molar-refractivity contribution < 1.29 is 0 Å². The smallest absolute Gasteiger partial charge is 0.110 e. The van der Waals surface area contributed by atoms with Crippen LogP contribution in [-0.2, 0) is 20.0 Å². The number of aromatic nitrogens is 2. The van der Waals surface area contributed by atoms with E-state index in [1.165, 1.54) is 11.1 Å². The molecule has 0 saturated carbocycles. The van der Waals surface area contributed by atoms with Crippen LogP contribution in [0.25, 0.3) is 11.0 Å². The number of hydrogen-bond acceptors (Lipinski definition) is 2. The zero-order chi connectivity index (χ0) is 16.4. The SMILES string of the molecule is Cc1ccc2c(c1)nc(CCNCc1c(Cl)cccc1Cl)n2C. The van der Waals surface area contributed by atoms with Crippen LogP contribution in [0, 0.1) is 6.92 Å². The molecule has 23 heavy (non-hydrogen) atoms. The summed E-state index contributed by atoms with van der Waals surface area (Å²) < 4.78 is 2.15. The van der Waals surface area contributed by atoms with Gasteiger partial charge < -0.3 is 9.88 Å². The molecule has 0 radical (unpaired) electrons. The summed E-state index contributed by atoms with van der Waals surface area (Å²) in [7, 11) is 2.06. The maximum absolute atomic E-state index is 6.18. The molecule has 0 aliphatic carbocycles. The minimum absolute atomic E-state index is 0.654. The van der Waals surface area contributed by atoms with Gasteiger partial charge in [0.05, 0.1) is 11.0 Å². The highest BCUT2D eigenvalue weighted by molar-refractivity contribution is 6.35. The molecule has 3 aromatic rings. The van der Waals surface area contributed by atoms with E-state index in [9.17, 15) is 0 Å². The summed E-state index contributed by atoms with van der Waals surface area (Å²) in [6.45, 7) is 3.56. The van der Waals surface area contributed by atoms with E-state index in [-0.39, 0.29) is 0 Å². The lowest BCUT2D eigenvalue weighted by Crippen LogP contribution is -2.18. The number of imidazole rings is 1. The van der Waals surface area contributed by atoms with Gasteiger partial charge in [-0.2, -0.15) is 0 Å². The molecule has 120 valence electrons. The monoisotopic (exact) mass is 347 g/mol. The average Bonchev–Trinajstić information content (AvgIpc) is 2.81. The van der Waals surface area contributed by atoms with E-state index in [0.717, 1.165) is 29.9 Å². The Bertz CT molecular complexity index is 819. The zero-order valence-electron chi connectivity index (χ0n) is 13.2. The Labute approximate surface area is 146 Å². The maximum Gasteiger partial charge on any atom is 0.110 e. The van der Waals surface area contributed by atoms with Crippen molar-refractivity contribution >= 4 is 34.2 Å². The van der Waals surface area contributed by atoms with Crippen molar-refractivity contribution in [3.63, 3.8) is 0 Å². The summed E-state index contributed by atoms with van der Waals surface area (Å²) in [6.07, 6.45) is 0.853. The number of halogens is 2. The number of hydrogen-bond donors (Lipinski definition) is 1. The van der Waals surface area contributed by atoms with Gasteiger partial charge in [-0.25, -0.2) is 4.98 Å². The van der Waals surface area contributed by atoms with Crippen LogP contribution in [0.15, 0.2) is 36.4 Å². The van der Waals surface area contributed by atoms with Crippen molar-refractivity contribution in [2.75, 3.05) is 6.54 Å². The fraction of sp³-hybridized carbons (Fsp3) is 0.278. The second-order valence-electron chi connectivity index (χ2n) is 5.71. The topological polar surface area (TPSA) is 29.9 Å². The van der Waals surface area contributed by atoms with Crippen LogP contribution in [0.5, 0.6) is 0 Å². The van der Waals surface area contributed by atoms with E-state index in [1.807, 2.05) is 18.2 Å². The number of aryl methyl sites for hydroxylation is 2. The molecule has 3 rings (SSSR count). The third-order valence-corrected chi connectivity index (χ3v) is 4.73. The highest BCUT2D eigenvalue weighted by Gasteiger charge is 2.08. The Balaban J connectivity index is 1.64. The van der Waals surface area contributed by atoms with Gasteiger partial charge >= 0.3 is 0 Å². The Hall–Kier alpha value is -1.55. The van der Waals surface area contributed by atoms with Crippen molar-refractivity contribution in [1.29, 1.82) is 0 Å². The van der Waals surface area contributed by atoms with Gasteiger partial charge in [0.1, 0.15) is 5.82 Å². The molecule has 0 fully saturated rings. The van der Waals surface area contributed by atoms with Gasteiger partial charge in [0.15, 0.2) is 0 Å². The highest BCUT2D eigenvalue weighted by Crippen LogP contribution is 2.23. The Morgan fingerprint density at radius 2 is 1.87 bits per heavy atom. The standard InChI is InChI=1S/C18H19Cl2N3/c1-12-6-7-17-16(10-12)22-18(23(17)2)8-9-21-11-13-14(19)4-3-5-15(13)20/h3-7,10,21H,8-9,11H2,1-2H3. The van der Waals surface area contributed by atoms with Gasteiger partial charge in [0.25, 0.3) is 0 Å². The van der Waals surface area contributed by atoms with E-state index in [2.05, 4.69) is 42.1 Å². The molecule has 1 N–H and O–H groups in total. The zero-order valence-corrected chi connectivity index (χ0v) is 14.7. The molecule has 2 aromatic carbocycles. The fourth-order valence-corrected chi connectivity index (χ4v) is 3.23. The van der Waals surface area contributed by atoms with Crippen LogP contribution >= 0.6 is 23.2 Å². The molecule has 1 heterocycles. The van der Waals surface area contributed by atoms with E-state index < -0.39 is 0 Å². The molecular weight excluding hydrogens is 329 g/mol. The van der Waals surface area contributed by atoms with E-state index in [4.69, 9.17) is 28.2 Å². The largest absolute Gasteiger partial charge is 0.331 e. The van der Waals surface area contributed by atoms with Crippen LogP contribution in [-0.4, -0.2) is 16.1 Å². The quantitative estimate of drug-likeness (QED) is 0.687.